The number of nitrogens with one attached hydrogen (secondary N) is 1. The summed E-state index contributed by atoms with van der Waals surface area (Å²) >= 11 is 12.4. The highest BCUT2D eigenvalue weighted by Gasteiger charge is 2.54. The number of benzene rings is 1. The van der Waals surface area contributed by atoms with E-state index in [1.807, 2.05) is 0 Å². The summed E-state index contributed by atoms with van der Waals surface area (Å²) in [4.78, 5) is 59.4. The molecule has 46 heavy (non-hydrogen) atoms. The summed E-state index contributed by atoms with van der Waals surface area (Å²) in [6.07, 6.45) is -2.62. The average molecular weight is 690 g/mol. The zero-order valence-corrected chi connectivity index (χ0v) is 26.2. The zero-order chi connectivity index (χ0) is 33.4. The number of rotatable bonds is 7. The minimum absolute atomic E-state index is 0.0544. The van der Waals surface area contributed by atoms with Gasteiger partial charge in [-0.2, -0.15) is 13.2 Å². The van der Waals surface area contributed by atoms with Crippen molar-refractivity contribution in [3.05, 3.63) is 73.6 Å². The molecule has 1 aromatic carbocycles. The van der Waals surface area contributed by atoms with Gasteiger partial charge in [-0.1, -0.05) is 29.3 Å². The van der Waals surface area contributed by atoms with Crippen LogP contribution in [0.5, 0.6) is 0 Å². The number of aromatic nitrogens is 2. The van der Waals surface area contributed by atoms with E-state index in [-0.39, 0.29) is 73.3 Å². The molecule has 0 bridgehead atoms. The lowest BCUT2D eigenvalue weighted by Crippen LogP contribution is -2.64. The topological polar surface area (TPSA) is 110 Å². The van der Waals surface area contributed by atoms with Crippen LogP contribution in [-0.4, -0.2) is 81.8 Å². The number of hydroxylamine groups is 3. The van der Waals surface area contributed by atoms with Gasteiger partial charge in [-0.05, 0) is 37.1 Å². The molecule has 1 N–H and O–H groups in total. The molecule has 248 valence electrons. The molecule has 3 aromatic rings. The Balaban J connectivity index is 1.34. The van der Waals surface area contributed by atoms with Gasteiger partial charge in [0.2, 0.25) is 0 Å². The maximum atomic E-state index is 15.0. The Labute approximate surface area is 270 Å². The van der Waals surface area contributed by atoms with E-state index in [9.17, 15) is 32.3 Å². The van der Waals surface area contributed by atoms with Gasteiger partial charge in [-0.25, -0.2) is 9.18 Å². The van der Waals surface area contributed by atoms with E-state index in [1.165, 1.54) is 33.7 Å². The second kappa shape index (κ2) is 13.2. The monoisotopic (exact) mass is 689 g/mol. The van der Waals surface area contributed by atoms with Crippen molar-refractivity contribution >= 4 is 46.6 Å². The maximum Gasteiger partial charge on any atom is 0.497 e. The summed E-state index contributed by atoms with van der Waals surface area (Å²) in [6, 6.07) is 4.83. The molecule has 2 atom stereocenters. The number of likely N-dealkylation sites (tertiary alicyclic amines) is 2. The average Bonchev–Trinajstić information content (AvgIpc) is 3.33. The minimum atomic E-state index is -5.24. The highest BCUT2D eigenvalue weighted by Crippen LogP contribution is 2.35. The lowest BCUT2D eigenvalue weighted by Gasteiger charge is -2.47. The van der Waals surface area contributed by atoms with Crippen molar-refractivity contribution in [3.8, 4) is 0 Å². The number of carbonyl (C=O) groups excluding carboxylic acids is 3. The number of carbonyl (C=O) groups is 3. The molecule has 5 rings (SSSR count). The number of hydrogen-bond acceptors (Lipinski definition) is 6. The van der Waals surface area contributed by atoms with E-state index in [2.05, 4.69) is 4.98 Å². The van der Waals surface area contributed by atoms with Gasteiger partial charge in [0.1, 0.15) is 41.5 Å². The number of piperidine rings is 2. The first kappa shape index (κ1) is 33.7. The molecular formula is C30H31Cl2F4N4O6+. The Hall–Kier alpha value is -3.62. The molecule has 0 spiro atoms. The van der Waals surface area contributed by atoms with Crippen LogP contribution in [0.3, 0.4) is 0 Å². The highest BCUT2D eigenvalue weighted by atomic mass is 35.5. The molecule has 16 heteroatoms. The molecule has 2 unspecified atom stereocenters. The molecule has 0 aliphatic carbocycles. The number of H-pyrrole nitrogens is 1. The molecule has 2 fully saturated rings. The number of amides is 1. The number of aromatic amines is 1. The van der Waals surface area contributed by atoms with Crippen LogP contribution in [0.1, 0.15) is 54.2 Å². The predicted molar refractivity (Wildman–Crippen MR) is 158 cm³/mol. The molecule has 2 aromatic heterocycles. The van der Waals surface area contributed by atoms with Crippen molar-refractivity contribution in [1.82, 2.24) is 14.3 Å². The van der Waals surface area contributed by atoms with E-state index in [0.717, 1.165) is 6.07 Å². The van der Waals surface area contributed by atoms with Crippen molar-refractivity contribution in [1.29, 1.82) is 0 Å². The van der Waals surface area contributed by atoms with Crippen LogP contribution in [0.2, 0.25) is 10.2 Å². The normalized spacial score (nSPS) is 20.9. The van der Waals surface area contributed by atoms with Crippen molar-refractivity contribution in [2.45, 2.75) is 51.2 Å². The van der Waals surface area contributed by atoms with Gasteiger partial charge in [0.25, 0.3) is 11.5 Å². The fourth-order valence-corrected chi connectivity index (χ4v) is 6.85. The zero-order valence-electron chi connectivity index (χ0n) is 24.7. The van der Waals surface area contributed by atoms with Crippen LogP contribution in [0.15, 0.2) is 35.3 Å². The molecule has 0 saturated carbocycles. The van der Waals surface area contributed by atoms with Gasteiger partial charge in [0.05, 0.1) is 17.2 Å². The van der Waals surface area contributed by atoms with Gasteiger partial charge in [-0.3, -0.25) is 23.6 Å². The quantitative estimate of drug-likeness (QED) is 0.211. The van der Waals surface area contributed by atoms with Crippen LogP contribution >= 0.6 is 23.2 Å². The van der Waals surface area contributed by atoms with Crippen LogP contribution in [0, 0.1) is 11.7 Å². The fourth-order valence-electron chi connectivity index (χ4n) is 6.41. The summed E-state index contributed by atoms with van der Waals surface area (Å²) in [5.41, 5.74) is 0.672. The number of ether oxygens (including phenoxy) is 1. The molecule has 1 amide bonds. The molecule has 0 radical (unpaired) electrons. The Morgan fingerprint density at radius 2 is 1.83 bits per heavy atom. The van der Waals surface area contributed by atoms with Crippen molar-refractivity contribution < 1.29 is 46.2 Å². The minimum Gasteiger partial charge on any atom is -0.466 e. The maximum absolute atomic E-state index is 15.0. The Morgan fingerprint density at radius 3 is 2.50 bits per heavy atom. The van der Waals surface area contributed by atoms with E-state index in [1.54, 1.807) is 6.92 Å². The van der Waals surface area contributed by atoms with E-state index in [0.29, 0.717) is 24.1 Å². The first-order valence-electron chi connectivity index (χ1n) is 14.7. The number of hydrogen-bond donors (Lipinski definition) is 1. The molecule has 2 aliphatic rings. The summed E-state index contributed by atoms with van der Waals surface area (Å²) in [7, 11) is 0. The fraction of sp³-hybridized carbons (Fsp3) is 0.467. The first-order valence-corrected chi connectivity index (χ1v) is 15.5. The molecular weight excluding hydrogens is 659 g/mol. The van der Waals surface area contributed by atoms with Gasteiger partial charge < -0.3 is 14.6 Å². The molecule has 4 heterocycles. The van der Waals surface area contributed by atoms with Crippen LogP contribution in [-0.2, 0) is 25.6 Å². The molecule has 10 nitrogen and oxygen atoms in total. The van der Waals surface area contributed by atoms with E-state index < -0.39 is 52.0 Å². The lowest BCUT2D eigenvalue weighted by atomic mass is 9.92. The van der Waals surface area contributed by atoms with Crippen molar-refractivity contribution in [3.63, 3.8) is 0 Å². The Bertz CT molecular complexity index is 1720. The Kier molecular flexibility index (Phi) is 9.71. The van der Waals surface area contributed by atoms with Gasteiger partial charge in [-0.15, -0.1) is 4.65 Å². The molecule has 2 aliphatic heterocycles. The third kappa shape index (κ3) is 6.74. The van der Waals surface area contributed by atoms with Crippen molar-refractivity contribution in [2.24, 2.45) is 5.92 Å². The second-order valence-corrected chi connectivity index (χ2v) is 12.2. The number of quaternary nitrogens is 1. The SMILES string of the molecule is CCOC(=O)C1CCC[N+](OC(=O)C(F)(F)F)(C2CCN(C(=O)c3cc(Cc4c[nH]c(=O)c5cc(Cl)c(Cl)n45)ccc3F)CC2)C1. The van der Waals surface area contributed by atoms with E-state index >= 15 is 4.39 Å². The number of esters is 1. The number of nitrogens with zero attached hydrogens (tertiary/aromatic N) is 3. The van der Waals surface area contributed by atoms with Gasteiger partial charge in [0.15, 0.2) is 0 Å². The Morgan fingerprint density at radius 1 is 1.11 bits per heavy atom. The number of fused-ring (bicyclic) bond motifs is 1. The van der Waals surface area contributed by atoms with Crippen molar-refractivity contribution in [2.75, 3.05) is 32.8 Å². The standard InChI is InChI=1S/C30H30Cl2F4N4O6/c1-2-45-28(43)18-4-3-11-40(16-18,46-29(44)30(34,35)36)20-7-9-38(10-8-20)27(42)21-13-17(5-6-23(21)33)12-19-15-37-26(41)24-14-22(31)25(32)39(19)24/h5-6,13-15,18,20H,2-4,7-12,16H2,1H3/p+1. The second-order valence-electron chi connectivity index (χ2n) is 11.5. The highest BCUT2D eigenvalue weighted by molar-refractivity contribution is 6.42. The summed E-state index contributed by atoms with van der Waals surface area (Å²) in [5, 5.41) is 0.305. The van der Waals surface area contributed by atoms with Crippen LogP contribution < -0.4 is 5.56 Å². The lowest BCUT2D eigenvalue weighted by molar-refractivity contribution is -1.11. The van der Waals surface area contributed by atoms with Gasteiger partial charge >= 0.3 is 18.1 Å². The smallest absolute Gasteiger partial charge is 0.466 e. The summed E-state index contributed by atoms with van der Waals surface area (Å²) in [5.74, 6) is -5.06. The summed E-state index contributed by atoms with van der Waals surface area (Å²) in [6.45, 7) is 1.72. The predicted octanol–water partition coefficient (Wildman–Crippen LogP) is 5.08. The molecule has 2 saturated heterocycles. The third-order valence-corrected chi connectivity index (χ3v) is 9.34. The summed E-state index contributed by atoms with van der Waals surface area (Å²) < 4.78 is 60.8. The van der Waals surface area contributed by atoms with Crippen LogP contribution in [0.4, 0.5) is 17.6 Å². The van der Waals surface area contributed by atoms with E-state index in [4.69, 9.17) is 32.8 Å². The number of halogens is 6. The number of alkyl halides is 3. The first-order chi connectivity index (χ1) is 21.7. The van der Waals surface area contributed by atoms with Gasteiger partial charge in [0, 0.05) is 50.7 Å². The largest absolute Gasteiger partial charge is 0.497 e. The van der Waals surface area contributed by atoms with Crippen LogP contribution in [0.25, 0.3) is 5.52 Å². The third-order valence-electron chi connectivity index (χ3n) is 8.59.